The number of hydrogen-bond acceptors (Lipinski definition) is 7. The molecule has 1 aliphatic heterocycles. The molecule has 1 amide bonds. The van der Waals surface area contributed by atoms with Gasteiger partial charge >= 0.3 is 5.97 Å². The smallest absolute Gasteiger partial charge is 0.357 e. The second kappa shape index (κ2) is 11.3. The molecule has 2 fully saturated rings. The lowest BCUT2D eigenvalue weighted by atomic mass is 9.95. The van der Waals surface area contributed by atoms with Crippen LogP contribution in [0.5, 0.6) is 5.88 Å². The number of fused-ring (bicyclic) bond motifs is 1. The van der Waals surface area contributed by atoms with Gasteiger partial charge in [-0.15, -0.1) is 5.10 Å². The van der Waals surface area contributed by atoms with E-state index < -0.39 is 5.97 Å². The third kappa shape index (κ3) is 5.50. The van der Waals surface area contributed by atoms with Crippen molar-refractivity contribution in [1.29, 1.82) is 0 Å². The summed E-state index contributed by atoms with van der Waals surface area (Å²) in [4.78, 5) is 34.7. The lowest BCUT2D eigenvalue weighted by Crippen LogP contribution is -2.59. The SMILES string of the molecule is CCOC(=O)c1cc(-c2ccc(C(=O)N3CC(N(C)C)C3)cc2)c2c(OC(C)C)nn(C3CCCCC3)c2n1. The number of aromatic nitrogens is 3. The van der Waals surface area contributed by atoms with E-state index in [1.807, 2.05) is 61.8 Å². The van der Waals surface area contributed by atoms with Crippen LogP contribution < -0.4 is 4.74 Å². The topological polar surface area (TPSA) is 89.8 Å². The zero-order valence-corrected chi connectivity index (χ0v) is 23.6. The number of rotatable bonds is 8. The summed E-state index contributed by atoms with van der Waals surface area (Å²) in [5, 5.41) is 5.69. The summed E-state index contributed by atoms with van der Waals surface area (Å²) >= 11 is 0. The van der Waals surface area contributed by atoms with Gasteiger partial charge in [-0.05, 0) is 71.5 Å². The Morgan fingerprint density at radius 3 is 2.38 bits per heavy atom. The Hall–Kier alpha value is -3.46. The predicted octanol–water partition coefficient (Wildman–Crippen LogP) is 4.95. The molecule has 9 nitrogen and oxygen atoms in total. The Kier molecular flexibility index (Phi) is 7.88. The molecule has 39 heavy (non-hydrogen) atoms. The van der Waals surface area contributed by atoms with Crippen molar-refractivity contribution < 1.29 is 19.1 Å². The minimum atomic E-state index is -0.469. The first-order valence-electron chi connectivity index (χ1n) is 14.1. The van der Waals surface area contributed by atoms with Gasteiger partial charge in [0.05, 0.1) is 24.1 Å². The molecule has 0 spiro atoms. The number of amides is 1. The van der Waals surface area contributed by atoms with Gasteiger partial charge in [-0.25, -0.2) is 14.5 Å². The first kappa shape index (κ1) is 27.1. The van der Waals surface area contributed by atoms with Crippen LogP contribution in [0.3, 0.4) is 0 Å². The molecule has 0 radical (unpaired) electrons. The molecule has 0 unspecified atom stereocenters. The van der Waals surface area contributed by atoms with Gasteiger partial charge in [0.15, 0.2) is 11.3 Å². The van der Waals surface area contributed by atoms with E-state index in [0.717, 1.165) is 55.3 Å². The number of ether oxygens (including phenoxy) is 2. The average Bonchev–Trinajstić information content (AvgIpc) is 3.25. The maximum absolute atomic E-state index is 13.0. The molecule has 2 aromatic heterocycles. The molecule has 0 bridgehead atoms. The molecular weight excluding hydrogens is 494 g/mol. The van der Waals surface area contributed by atoms with Crippen LogP contribution in [-0.2, 0) is 4.74 Å². The van der Waals surface area contributed by atoms with Gasteiger partial charge in [0, 0.05) is 30.3 Å². The van der Waals surface area contributed by atoms with E-state index in [9.17, 15) is 9.59 Å². The Morgan fingerprint density at radius 2 is 1.77 bits per heavy atom. The predicted molar refractivity (Wildman–Crippen MR) is 150 cm³/mol. The van der Waals surface area contributed by atoms with Crippen LogP contribution in [0.25, 0.3) is 22.2 Å². The highest BCUT2D eigenvalue weighted by Gasteiger charge is 2.32. The number of likely N-dealkylation sites (tertiary alicyclic amines) is 1. The number of esters is 1. The Morgan fingerprint density at radius 1 is 1.08 bits per heavy atom. The molecule has 208 valence electrons. The molecule has 3 aromatic rings. The number of pyridine rings is 1. The van der Waals surface area contributed by atoms with E-state index in [1.54, 1.807) is 13.0 Å². The summed E-state index contributed by atoms with van der Waals surface area (Å²) in [5.41, 5.74) is 3.16. The Labute approximate surface area is 230 Å². The lowest BCUT2D eigenvalue weighted by Gasteiger charge is -2.42. The summed E-state index contributed by atoms with van der Waals surface area (Å²) in [7, 11) is 4.07. The number of likely N-dealkylation sites (N-methyl/N-ethyl adjacent to an activating group) is 1. The second-order valence-electron chi connectivity index (χ2n) is 11.1. The first-order chi connectivity index (χ1) is 18.8. The van der Waals surface area contributed by atoms with E-state index in [-0.39, 0.29) is 30.4 Å². The molecule has 2 aliphatic rings. The number of carbonyl (C=O) groups is 2. The van der Waals surface area contributed by atoms with E-state index in [4.69, 9.17) is 19.6 Å². The number of benzene rings is 1. The first-order valence-corrected chi connectivity index (χ1v) is 14.1. The van der Waals surface area contributed by atoms with Crippen LogP contribution in [0, 0.1) is 0 Å². The number of carbonyl (C=O) groups excluding carboxylic acids is 2. The summed E-state index contributed by atoms with van der Waals surface area (Å²) in [6.07, 6.45) is 5.44. The highest BCUT2D eigenvalue weighted by atomic mass is 16.5. The second-order valence-corrected chi connectivity index (χ2v) is 11.1. The van der Waals surface area contributed by atoms with Crippen molar-refractivity contribution in [2.75, 3.05) is 33.8 Å². The van der Waals surface area contributed by atoms with Gasteiger partial charge in [0.1, 0.15) is 0 Å². The minimum Gasteiger partial charge on any atom is -0.473 e. The lowest BCUT2D eigenvalue weighted by molar-refractivity contribution is 0.0399. The van der Waals surface area contributed by atoms with Crippen molar-refractivity contribution in [2.45, 2.75) is 71.1 Å². The van der Waals surface area contributed by atoms with Crippen molar-refractivity contribution in [3.8, 4) is 17.0 Å². The van der Waals surface area contributed by atoms with Crippen molar-refractivity contribution >= 4 is 22.9 Å². The standard InChI is InChI=1S/C30H39N5O4/c1-6-38-30(37)25-16-24(20-12-14-21(15-13-20)29(36)34-17-23(18-34)33(4)5)26-27(31-25)35(22-10-8-7-9-11-22)32-28(26)39-19(2)3/h12-16,19,22-23H,6-11,17-18H2,1-5H3. The Balaban J connectivity index is 1.58. The van der Waals surface area contributed by atoms with Crippen molar-refractivity contribution in [3.05, 3.63) is 41.6 Å². The number of hydrogen-bond donors (Lipinski definition) is 0. The summed E-state index contributed by atoms with van der Waals surface area (Å²) in [6, 6.07) is 9.92. The monoisotopic (exact) mass is 533 g/mol. The van der Waals surface area contributed by atoms with Gasteiger partial charge in [-0.2, -0.15) is 0 Å². The molecule has 0 N–H and O–H groups in total. The molecular formula is C30H39N5O4. The van der Waals surface area contributed by atoms with E-state index in [0.29, 0.717) is 23.1 Å². The van der Waals surface area contributed by atoms with Gasteiger partial charge in [0.2, 0.25) is 5.88 Å². The van der Waals surface area contributed by atoms with Crippen LogP contribution in [-0.4, -0.2) is 82.4 Å². The maximum atomic E-state index is 13.0. The minimum absolute atomic E-state index is 0.0284. The molecule has 5 rings (SSSR count). The van der Waals surface area contributed by atoms with Crippen LogP contribution in [0.1, 0.15) is 79.8 Å². The third-order valence-corrected chi connectivity index (χ3v) is 7.70. The number of nitrogens with zero attached hydrogens (tertiary/aromatic N) is 5. The van der Waals surface area contributed by atoms with Crippen molar-refractivity contribution in [2.24, 2.45) is 0 Å². The quantitative estimate of drug-likeness (QED) is 0.378. The molecule has 3 heterocycles. The van der Waals surface area contributed by atoms with Crippen LogP contribution >= 0.6 is 0 Å². The fourth-order valence-electron chi connectivity index (χ4n) is 5.45. The molecule has 1 saturated carbocycles. The highest BCUT2D eigenvalue weighted by Crippen LogP contribution is 2.39. The zero-order chi connectivity index (χ0) is 27.7. The van der Waals surface area contributed by atoms with Crippen LogP contribution in [0.4, 0.5) is 0 Å². The van der Waals surface area contributed by atoms with Gasteiger partial charge in [0.25, 0.3) is 5.91 Å². The zero-order valence-electron chi connectivity index (χ0n) is 23.6. The van der Waals surface area contributed by atoms with Crippen molar-refractivity contribution in [1.82, 2.24) is 24.6 Å². The van der Waals surface area contributed by atoms with Gasteiger partial charge in [-0.1, -0.05) is 31.4 Å². The van der Waals surface area contributed by atoms with Crippen molar-refractivity contribution in [3.63, 3.8) is 0 Å². The largest absolute Gasteiger partial charge is 0.473 e. The van der Waals surface area contributed by atoms with Gasteiger partial charge < -0.3 is 19.3 Å². The fraction of sp³-hybridized carbons (Fsp3) is 0.533. The molecule has 9 heteroatoms. The molecule has 1 aliphatic carbocycles. The van der Waals surface area contributed by atoms with E-state index in [1.165, 1.54) is 6.42 Å². The Bertz CT molecular complexity index is 1340. The fourth-order valence-corrected chi connectivity index (χ4v) is 5.45. The highest BCUT2D eigenvalue weighted by molar-refractivity contribution is 6.02. The van der Waals surface area contributed by atoms with Gasteiger partial charge in [-0.3, -0.25) is 4.79 Å². The summed E-state index contributed by atoms with van der Waals surface area (Å²) in [5.74, 6) is 0.0722. The molecule has 0 atom stereocenters. The third-order valence-electron chi connectivity index (χ3n) is 7.70. The van der Waals surface area contributed by atoms with Crippen LogP contribution in [0.2, 0.25) is 0 Å². The average molecular weight is 534 g/mol. The van der Waals surface area contributed by atoms with Crippen LogP contribution in [0.15, 0.2) is 30.3 Å². The van der Waals surface area contributed by atoms with E-state index in [2.05, 4.69) is 4.90 Å². The maximum Gasteiger partial charge on any atom is 0.357 e. The summed E-state index contributed by atoms with van der Waals surface area (Å²) < 4.78 is 13.5. The molecule has 1 aromatic carbocycles. The van der Waals surface area contributed by atoms with E-state index >= 15 is 0 Å². The normalized spacial score (nSPS) is 16.6. The molecule has 1 saturated heterocycles. The summed E-state index contributed by atoms with van der Waals surface area (Å²) in [6.45, 7) is 7.47.